The minimum Gasteiger partial charge on any atom is -0.489 e. The van der Waals surface area contributed by atoms with Crippen LogP contribution in [0.1, 0.15) is 11.1 Å². The predicted octanol–water partition coefficient (Wildman–Crippen LogP) is 4.63. The van der Waals surface area contributed by atoms with Crippen LogP contribution in [0.3, 0.4) is 0 Å². The Morgan fingerprint density at radius 3 is 2.53 bits per heavy atom. The lowest BCUT2D eigenvalue weighted by Gasteiger charge is -2.14. The van der Waals surface area contributed by atoms with Crippen molar-refractivity contribution in [2.75, 3.05) is 0 Å². The van der Waals surface area contributed by atoms with E-state index >= 15 is 0 Å². The smallest absolute Gasteiger partial charge is 0.331 e. The van der Waals surface area contributed by atoms with E-state index in [0.717, 1.165) is 15.7 Å². The lowest BCUT2D eigenvalue weighted by Crippen LogP contribution is -2.38. The molecule has 1 heterocycles. The van der Waals surface area contributed by atoms with E-state index in [1.807, 2.05) is 30.3 Å². The number of benzene rings is 3. The molecule has 4 rings (SSSR count). The molecule has 0 atom stereocenters. The Hall–Kier alpha value is -3.02. The second-order valence-electron chi connectivity index (χ2n) is 6.92. The molecule has 5 nitrogen and oxygen atoms in total. The summed E-state index contributed by atoms with van der Waals surface area (Å²) in [6.07, 6.45) is 0. The third-order valence-corrected chi connectivity index (χ3v) is 5.49. The van der Waals surface area contributed by atoms with E-state index in [0.29, 0.717) is 33.2 Å². The number of para-hydroxylation sites is 1. The molecule has 0 saturated carbocycles. The largest absolute Gasteiger partial charge is 0.489 e. The molecule has 0 spiro atoms. The Morgan fingerprint density at radius 2 is 1.73 bits per heavy atom. The van der Waals surface area contributed by atoms with Crippen LogP contribution in [0.25, 0.3) is 10.9 Å². The van der Waals surface area contributed by atoms with Crippen LogP contribution in [-0.4, -0.2) is 9.13 Å². The molecule has 30 heavy (non-hydrogen) atoms. The summed E-state index contributed by atoms with van der Waals surface area (Å²) in [4.78, 5) is 25.2. The van der Waals surface area contributed by atoms with E-state index in [-0.39, 0.29) is 17.9 Å². The van der Waals surface area contributed by atoms with Gasteiger partial charge in [0, 0.05) is 22.7 Å². The van der Waals surface area contributed by atoms with Gasteiger partial charge in [0.2, 0.25) is 0 Å². The van der Waals surface area contributed by atoms with Gasteiger partial charge in [0.05, 0.1) is 17.4 Å². The summed E-state index contributed by atoms with van der Waals surface area (Å²) in [5.74, 6) is 0.643. The van der Waals surface area contributed by atoms with Gasteiger partial charge in [-0.25, -0.2) is 4.79 Å². The average Bonchev–Trinajstić information content (AvgIpc) is 2.75. The van der Waals surface area contributed by atoms with Crippen molar-refractivity contribution in [1.82, 2.24) is 9.13 Å². The molecular weight excluding hydrogens is 423 g/mol. The molecule has 0 aliphatic heterocycles. The van der Waals surface area contributed by atoms with E-state index in [4.69, 9.17) is 27.9 Å². The second kappa shape index (κ2) is 8.38. The fourth-order valence-corrected chi connectivity index (χ4v) is 3.68. The maximum atomic E-state index is 12.8. The Labute approximate surface area is 182 Å². The van der Waals surface area contributed by atoms with Crippen molar-refractivity contribution >= 4 is 34.1 Å². The fraction of sp³-hybridized carbons (Fsp3) is 0.130. The topological polar surface area (TPSA) is 53.2 Å². The summed E-state index contributed by atoms with van der Waals surface area (Å²) in [5.41, 5.74) is 1.58. The highest BCUT2D eigenvalue weighted by atomic mass is 35.5. The summed E-state index contributed by atoms with van der Waals surface area (Å²) in [5, 5.41) is 1.66. The lowest BCUT2D eigenvalue weighted by atomic mass is 10.1. The van der Waals surface area contributed by atoms with Gasteiger partial charge in [0.15, 0.2) is 0 Å². The number of hydrogen-bond acceptors (Lipinski definition) is 3. The van der Waals surface area contributed by atoms with Gasteiger partial charge in [-0.05, 0) is 48.0 Å². The van der Waals surface area contributed by atoms with Crippen LogP contribution < -0.4 is 16.0 Å². The molecule has 4 aromatic rings. The molecular formula is C23H18Cl2N2O3. The second-order valence-corrected chi connectivity index (χ2v) is 7.77. The summed E-state index contributed by atoms with van der Waals surface area (Å²) in [7, 11) is 1.49. The molecule has 0 saturated heterocycles. The van der Waals surface area contributed by atoms with Crippen molar-refractivity contribution < 1.29 is 4.74 Å². The summed E-state index contributed by atoms with van der Waals surface area (Å²) in [6, 6.07) is 19.8. The number of aromatic nitrogens is 2. The van der Waals surface area contributed by atoms with Crippen molar-refractivity contribution in [3.8, 4) is 5.75 Å². The van der Waals surface area contributed by atoms with E-state index in [1.165, 1.54) is 7.05 Å². The van der Waals surface area contributed by atoms with Crippen LogP contribution in [-0.2, 0) is 20.2 Å². The first-order valence-electron chi connectivity index (χ1n) is 9.28. The van der Waals surface area contributed by atoms with E-state index in [9.17, 15) is 9.59 Å². The Bertz CT molecular complexity index is 1360. The quantitative estimate of drug-likeness (QED) is 0.454. The monoisotopic (exact) mass is 440 g/mol. The SMILES string of the molecule is Cn1c(=O)c2ccccc2n(Cc2ccc(Cl)c(COc3cccc(Cl)c3)c2)c1=O. The van der Waals surface area contributed by atoms with Crippen molar-refractivity contribution in [2.24, 2.45) is 7.05 Å². The number of ether oxygens (including phenoxy) is 1. The normalized spacial score (nSPS) is 11.0. The third kappa shape index (κ3) is 3.99. The number of nitrogens with zero attached hydrogens (tertiary/aromatic N) is 2. The maximum Gasteiger partial charge on any atom is 0.331 e. The van der Waals surface area contributed by atoms with Crippen LogP contribution in [0.5, 0.6) is 5.75 Å². The van der Waals surface area contributed by atoms with Crippen molar-refractivity contribution in [1.29, 1.82) is 0 Å². The van der Waals surface area contributed by atoms with Gasteiger partial charge >= 0.3 is 5.69 Å². The molecule has 152 valence electrons. The Kier molecular flexibility index (Phi) is 5.66. The predicted molar refractivity (Wildman–Crippen MR) is 120 cm³/mol. The van der Waals surface area contributed by atoms with E-state index in [2.05, 4.69) is 0 Å². The highest BCUT2D eigenvalue weighted by Gasteiger charge is 2.12. The van der Waals surface area contributed by atoms with Crippen LogP contribution >= 0.6 is 23.2 Å². The molecule has 0 aliphatic carbocycles. The van der Waals surface area contributed by atoms with Crippen LogP contribution in [0.2, 0.25) is 10.0 Å². The molecule has 0 radical (unpaired) electrons. The van der Waals surface area contributed by atoms with Gasteiger partial charge in [-0.15, -0.1) is 0 Å². The van der Waals surface area contributed by atoms with Crippen LogP contribution in [0.4, 0.5) is 0 Å². The van der Waals surface area contributed by atoms with Crippen molar-refractivity contribution in [2.45, 2.75) is 13.2 Å². The van der Waals surface area contributed by atoms with E-state index in [1.54, 1.807) is 41.0 Å². The number of halogens is 2. The minimum atomic E-state index is -0.370. The Morgan fingerprint density at radius 1 is 0.933 bits per heavy atom. The zero-order valence-electron chi connectivity index (χ0n) is 16.1. The van der Waals surface area contributed by atoms with Gasteiger partial charge in [-0.2, -0.15) is 0 Å². The molecule has 3 aromatic carbocycles. The average molecular weight is 441 g/mol. The first-order chi connectivity index (χ1) is 14.4. The maximum absolute atomic E-state index is 12.8. The number of fused-ring (bicyclic) bond motifs is 1. The standard InChI is InChI=1S/C23H18Cl2N2O3/c1-26-22(28)19-7-2-3-8-21(19)27(23(26)29)13-15-9-10-20(25)16(11-15)14-30-18-6-4-5-17(24)12-18/h2-12H,13-14H2,1H3. The first-order valence-corrected chi connectivity index (χ1v) is 10.0. The lowest BCUT2D eigenvalue weighted by molar-refractivity contribution is 0.306. The van der Waals surface area contributed by atoms with E-state index < -0.39 is 0 Å². The molecule has 7 heteroatoms. The van der Waals surface area contributed by atoms with Crippen molar-refractivity contribution in [3.63, 3.8) is 0 Å². The highest BCUT2D eigenvalue weighted by molar-refractivity contribution is 6.31. The van der Waals surface area contributed by atoms with Gasteiger partial charge in [-0.3, -0.25) is 13.9 Å². The first kappa shape index (κ1) is 20.3. The van der Waals surface area contributed by atoms with Crippen LogP contribution in [0.15, 0.2) is 76.3 Å². The minimum absolute atomic E-state index is 0.260. The zero-order valence-corrected chi connectivity index (χ0v) is 17.7. The summed E-state index contributed by atoms with van der Waals surface area (Å²) >= 11 is 12.3. The molecule has 0 fully saturated rings. The van der Waals surface area contributed by atoms with Crippen molar-refractivity contribution in [3.05, 3.63) is 109 Å². The molecule has 0 aliphatic rings. The molecule has 0 bridgehead atoms. The van der Waals surface area contributed by atoms with Gasteiger partial charge in [-0.1, -0.05) is 47.5 Å². The molecule has 0 unspecified atom stereocenters. The highest BCUT2D eigenvalue weighted by Crippen LogP contribution is 2.23. The van der Waals surface area contributed by atoms with Gasteiger partial charge < -0.3 is 4.74 Å². The Balaban J connectivity index is 1.67. The number of rotatable bonds is 5. The van der Waals surface area contributed by atoms with Gasteiger partial charge in [0.25, 0.3) is 5.56 Å². The van der Waals surface area contributed by atoms with Gasteiger partial charge in [0.1, 0.15) is 12.4 Å². The molecule has 0 amide bonds. The molecule has 0 N–H and O–H groups in total. The van der Waals surface area contributed by atoms with Crippen LogP contribution in [0, 0.1) is 0 Å². The molecule has 1 aromatic heterocycles. The zero-order chi connectivity index (χ0) is 21.3. The third-order valence-electron chi connectivity index (χ3n) is 4.89. The summed E-state index contributed by atoms with van der Waals surface area (Å²) in [6.45, 7) is 0.560. The summed E-state index contributed by atoms with van der Waals surface area (Å²) < 4.78 is 8.52. The number of hydrogen-bond donors (Lipinski definition) is 0. The fourth-order valence-electron chi connectivity index (χ4n) is 3.33.